The molecular weight excluding hydrogens is 488 g/mol. The van der Waals surface area contributed by atoms with E-state index in [9.17, 15) is 0 Å². The Balaban J connectivity index is 1.48. The minimum absolute atomic E-state index is 0.827. The highest BCUT2D eigenvalue weighted by Gasteiger charge is 2.22. The predicted molar refractivity (Wildman–Crippen MR) is 167 cm³/mol. The van der Waals surface area contributed by atoms with E-state index in [1.807, 2.05) is 18.2 Å². The van der Waals surface area contributed by atoms with E-state index < -0.39 is 0 Å². The maximum atomic E-state index is 6.48. The molecule has 7 aromatic carbocycles. The topological polar surface area (TPSA) is 26.3 Å². The normalized spacial score (nSPS) is 12.0. The maximum Gasteiger partial charge on any atom is 0.147 e. The van der Waals surface area contributed by atoms with E-state index in [-0.39, 0.29) is 0 Å². The highest BCUT2D eigenvalue weighted by molar-refractivity contribution is 6.28. The molecule has 0 aliphatic carbocycles. The Bertz CT molecular complexity index is 2380. The van der Waals surface area contributed by atoms with Gasteiger partial charge in [-0.3, -0.25) is 0 Å². The zero-order valence-corrected chi connectivity index (χ0v) is 21.5. The first-order valence-electron chi connectivity index (χ1n) is 13.6. The third kappa shape index (κ3) is 2.93. The zero-order chi connectivity index (χ0) is 26.2. The first-order chi connectivity index (χ1) is 19.8. The lowest BCUT2D eigenvalue weighted by Gasteiger charge is -2.18. The van der Waals surface area contributed by atoms with Gasteiger partial charge in [-0.1, -0.05) is 103 Å². The summed E-state index contributed by atoms with van der Waals surface area (Å²) in [5.74, 6) is 0. The first-order valence-corrected chi connectivity index (χ1v) is 13.6. The van der Waals surface area contributed by atoms with Crippen molar-refractivity contribution in [1.82, 2.24) is 0 Å². The second-order valence-electron chi connectivity index (χ2n) is 10.5. The molecule has 2 aromatic heterocycles. The molecule has 0 spiro atoms. The minimum atomic E-state index is 0.827. The highest BCUT2D eigenvalue weighted by Crippen LogP contribution is 2.48. The molecule has 0 saturated heterocycles. The lowest BCUT2D eigenvalue weighted by Crippen LogP contribution is -1.91. The average Bonchev–Trinajstić information content (AvgIpc) is 3.64. The van der Waals surface area contributed by atoms with Crippen LogP contribution in [0.3, 0.4) is 0 Å². The highest BCUT2D eigenvalue weighted by atomic mass is 16.3. The Labute approximate surface area is 229 Å². The Kier molecular flexibility index (Phi) is 4.36. The summed E-state index contributed by atoms with van der Waals surface area (Å²) >= 11 is 0. The first kappa shape index (κ1) is 21.6. The van der Waals surface area contributed by atoms with E-state index in [1.54, 1.807) is 6.26 Å². The fraction of sp³-hybridized carbons (Fsp3) is 0. The monoisotopic (exact) mass is 510 g/mol. The van der Waals surface area contributed by atoms with Crippen molar-refractivity contribution in [2.45, 2.75) is 0 Å². The molecule has 2 nitrogen and oxygen atoms in total. The van der Waals surface area contributed by atoms with E-state index in [0.717, 1.165) is 38.5 Å². The summed E-state index contributed by atoms with van der Waals surface area (Å²) in [6.45, 7) is 0. The van der Waals surface area contributed by atoms with Gasteiger partial charge in [0.1, 0.15) is 16.7 Å². The average molecular weight is 511 g/mol. The zero-order valence-electron chi connectivity index (χ0n) is 21.5. The van der Waals surface area contributed by atoms with Gasteiger partial charge in [0.05, 0.1) is 11.6 Å². The van der Waals surface area contributed by atoms with E-state index in [2.05, 4.69) is 109 Å². The number of fused-ring (bicyclic) bond motifs is 8. The van der Waals surface area contributed by atoms with Gasteiger partial charge in [0.25, 0.3) is 0 Å². The van der Waals surface area contributed by atoms with Crippen LogP contribution in [0.15, 0.2) is 142 Å². The molecule has 9 aromatic rings. The molecule has 0 N–H and O–H groups in total. The fourth-order valence-corrected chi connectivity index (χ4v) is 6.60. The largest absolute Gasteiger partial charge is 0.464 e. The molecule has 186 valence electrons. The van der Waals surface area contributed by atoms with Crippen LogP contribution in [0, 0.1) is 0 Å². The van der Waals surface area contributed by atoms with Crippen LogP contribution in [0.25, 0.3) is 87.5 Å². The van der Waals surface area contributed by atoms with Gasteiger partial charge in [-0.2, -0.15) is 0 Å². The molecule has 0 aliphatic heterocycles. The number of benzene rings is 7. The van der Waals surface area contributed by atoms with Crippen LogP contribution in [0.2, 0.25) is 0 Å². The molecule has 0 atom stereocenters. The van der Waals surface area contributed by atoms with E-state index >= 15 is 0 Å². The van der Waals surface area contributed by atoms with Crippen LogP contribution in [-0.2, 0) is 0 Å². The molecule has 0 unspecified atom stereocenters. The minimum Gasteiger partial charge on any atom is -0.464 e. The predicted octanol–water partition coefficient (Wildman–Crippen LogP) is 11.1. The molecule has 2 heterocycles. The van der Waals surface area contributed by atoms with Crippen LogP contribution in [0.1, 0.15) is 0 Å². The van der Waals surface area contributed by atoms with Crippen LogP contribution < -0.4 is 0 Å². The maximum absolute atomic E-state index is 6.48. The van der Waals surface area contributed by atoms with Crippen molar-refractivity contribution in [2.24, 2.45) is 0 Å². The molecule has 9 rings (SSSR count). The van der Waals surface area contributed by atoms with Gasteiger partial charge in [-0.05, 0) is 78.8 Å². The summed E-state index contributed by atoms with van der Waals surface area (Å²) in [6, 6.07) is 45.5. The van der Waals surface area contributed by atoms with Crippen molar-refractivity contribution in [1.29, 1.82) is 0 Å². The fourth-order valence-electron chi connectivity index (χ4n) is 6.60. The third-order valence-electron chi connectivity index (χ3n) is 8.32. The number of hydrogen-bond donors (Lipinski definition) is 0. The number of hydrogen-bond acceptors (Lipinski definition) is 2. The van der Waals surface area contributed by atoms with Crippen LogP contribution in [-0.4, -0.2) is 0 Å². The van der Waals surface area contributed by atoms with Gasteiger partial charge < -0.3 is 8.83 Å². The SMILES string of the molecule is c1ccc2cc(-c3c4ccccc4c(-c4cc5occc5c5oc6ccccc6c45)c4ccccc34)ccc2c1. The summed E-state index contributed by atoms with van der Waals surface area (Å²) in [4.78, 5) is 0. The molecule has 0 fully saturated rings. The van der Waals surface area contributed by atoms with E-state index in [0.29, 0.717) is 0 Å². The molecule has 0 saturated carbocycles. The van der Waals surface area contributed by atoms with Gasteiger partial charge in [-0.15, -0.1) is 0 Å². The Morgan fingerprint density at radius 2 is 1.05 bits per heavy atom. The van der Waals surface area contributed by atoms with Gasteiger partial charge in [0, 0.05) is 10.8 Å². The summed E-state index contributed by atoms with van der Waals surface area (Å²) in [7, 11) is 0. The number of para-hydroxylation sites is 1. The molecular formula is C38H22O2. The molecule has 0 bridgehead atoms. The standard InChI is InChI=1S/C38H22O2/c1-2-10-24-21-25(18-17-23(24)9-1)35-26-11-3-5-13-28(26)36(29-14-6-4-12-27(29)35)32-22-34-31(19-20-39-34)38-37(32)30-15-7-8-16-33(30)40-38/h1-22H. The smallest absolute Gasteiger partial charge is 0.147 e. The number of furan rings is 2. The molecule has 2 heteroatoms. The summed E-state index contributed by atoms with van der Waals surface area (Å²) in [6.07, 6.45) is 1.75. The van der Waals surface area contributed by atoms with E-state index in [1.165, 1.54) is 49.0 Å². The van der Waals surface area contributed by atoms with Crippen molar-refractivity contribution in [3.8, 4) is 22.3 Å². The summed E-state index contributed by atoms with van der Waals surface area (Å²) in [5, 5.41) is 10.6. The molecule has 0 radical (unpaired) electrons. The van der Waals surface area contributed by atoms with E-state index in [4.69, 9.17) is 8.83 Å². The number of rotatable bonds is 2. The Hall–Kier alpha value is -5.34. The second-order valence-corrected chi connectivity index (χ2v) is 10.5. The quantitative estimate of drug-likeness (QED) is 0.216. The van der Waals surface area contributed by atoms with Crippen molar-refractivity contribution in [2.75, 3.05) is 0 Å². The van der Waals surface area contributed by atoms with Crippen molar-refractivity contribution in [3.05, 3.63) is 134 Å². The van der Waals surface area contributed by atoms with Crippen LogP contribution in [0.4, 0.5) is 0 Å². The lowest BCUT2D eigenvalue weighted by molar-refractivity contribution is 0.615. The Morgan fingerprint density at radius 1 is 0.425 bits per heavy atom. The third-order valence-corrected chi connectivity index (χ3v) is 8.32. The van der Waals surface area contributed by atoms with Crippen molar-refractivity contribution < 1.29 is 8.83 Å². The van der Waals surface area contributed by atoms with Crippen molar-refractivity contribution in [3.63, 3.8) is 0 Å². The van der Waals surface area contributed by atoms with Gasteiger partial charge in [-0.25, -0.2) is 0 Å². The van der Waals surface area contributed by atoms with Crippen LogP contribution in [0.5, 0.6) is 0 Å². The van der Waals surface area contributed by atoms with Crippen molar-refractivity contribution >= 4 is 65.2 Å². The molecule has 0 aliphatic rings. The molecule has 40 heavy (non-hydrogen) atoms. The van der Waals surface area contributed by atoms with Gasteiger partial charge in [0.2, 0.25) is 0 Å². The summed E-state index contributed by atoms with van der Waals surface area (Å²) in [5.41, 5.74) is 7.38. The second kappa shape index (κ2) is 8.08. The van der Waals surface area contributed by atoms with Gasteiger partial charge in [0.15, 0.2) is 0 Å². The van der Waals surface area contributed by atoms with Crippen LogP contribution >= 0.6 is 0 Å². The van der Waals surface area contributed by atoms with Gasteiger partial charge >= 0.3 is 0 Å². The lowest BCUT2D eigenvalue weighted by atomic mass is 9.84. The molecule has 0 amide bonds. The Morgan fingerprint density at radius 3 is 1.80 bits per heavy atom. The summed E-state index contributed by atoms with van der Waals surface area (Å²) < 4.78 is 12.5.